The zero-order chi connectivity index (χ0) is 18.4. The van der Waals surface area contributed by atoms with Crippen LogP contribution in [-0.2, 0) is 9.47 Å². The van der Waals surface area contributed by atoms with Crippen molar-refractivity contribution >= 4 is 6.09 Å². The number of alkyl carbamates (subject to hydrolysis) is 1. The van der Waals surface area contributed by atoms with Gasteiger partial charge in [-0.2, -0.15) is 0 Å². The molecule has 1 amide bonds. The van der Waals surface area contributed by atoms with E-state index in [4.69, 9.17) is 9.47 Å². The van der Waals surface area contributed by atoms with Crippen LogP contribution in [0.1, 0.15) is 29.9 Å². The van der Waals surface area contributed by atoms with E-state index in [0.717, 1.165) is 12.8 Å². The average molecular weight is 365 g/mol. The molecule has 2 bridgehead atoms. The van der Waals surface area contributed by atoms with E-state index in [1.54, 1.807) is 0 Å². The molecule has 1 unspecified atom stereocenters. The Bertz CT molecular complexity index is 828. The third kappa shape index (κ3) is 2.82. The van der Waals surface area contributed by atoms with Gasteiger partial charge < -0.3 is 19.9 Å². The molecule has 2 aromatic carbocycles. The van der Waals surface area contributed by atoms with Crippen LogP contribution in [0.25, 0.3) is 11.1 Å². The third-order valence-corrected chi connectivity index (χ3v) is 6.31. The molecular formula is C22H23NO4. The van der Waals surface area contributed by atoms with Gasteiger partial charge in [-0.25, -0.2) is 4.79 Å². The Balaban J connectivity index is 1.23. The zero-order valence-corrected chi connectivity index (χ0v) is 15.1. The minimum absolute atomic E-state index is 0.0386. The van der Waals surface area contributed by atoms with Crippen LogP contribution in [0.5, 0.6) is 0 Å². The van der Waals surface area contributed by atoms with Gasteiger partial charge in [0.1, 0.15) is 12.2 Å². The lowest BCUT2D eigenvalue weighted by molar-refractivity contribution is -0.214. The van der Waals surface area contributed by atoms with Crippen molar-refractivity contribution in [3.05, 3.63) is 59.7 Å². The van der Waals surface area contributed by atoms with Crippen LogP contribution in [0, 0.1) is 5.92 Å². The molecule has 2 aliphatic carbocycles. The van der Waals surface area contributed by atoms with Crippen LogP contribution in [0.2, 0.25) is 0 Å². The Morgan fingerprint density at radius 3 is 2.33 bits per heavy atom. The lowest BCUT2D eigenvalue weighted by atomic mass is 9.68. The summed E-state index contributed by atoms with van der Waals surface area (Å²) < 4.78 is 11.1. The van der Waals surface area contributed by atoms with Gasteiger partial charge in [-0.15, -0.1) is 0 Å². The third-order valence-electron chi connectivity index (χ3n) is 6.31. The summed E-state index contributed by atoms with van der Waals surface area (Å²) >= 11 is 0. The summed E-state index contributed by atoms with van der Waals surface area (Å²) in [4.78, 5) is 12.2. The van der Waals surface area contributed by atoms with E-state index in [0.29, 0.717) is 6.10 Å². The standard InChI is InChI=1S/C22H23NO4/c24-21(23-12-22(25)13-27-15-9-14(22)10-15)26-11-20-18-7-3-1-5-16(18)17-6-2-4-8-19(17)20/h1-8,14-15,20,25H,9-13H2,(H,23,24). The molecule has 2 aromatic rings. The number of carbonyl (C=O) groups excluding carboxylic acids is 1. The van der Waals surface area contributed by atoms with Gasteiger partial charge in [0.2, 0.25) is 0 Å². The van der Waals surface area contributed by atoms with E-state index in [-0.39, 0.29) is 31.6 Å². The van der Waals surface area contributed by atoms with Crippen molar-refractivity contribution in [2.75, 3.05) is 19.8 Å². The van der Waals surface area contributed by atoms with Gasteiger partial charge in [-0.3, -0.25) is 0 Å². The van der Waals surface area contributed by atoms with Crippen molar-refractivity contribution in [1.82, 2.24) is 5.32 Å². The first kappa shape index (κ1) is 16.8. The first-order valence-electron chi connectivity index (χ1n) is 9.57. The van der Waals surface area contributed by atoms with Gasteiger partial charge in [0.05, 0.1) is 19.3 Å². The fourth-order valence-corrected chi connectivity index (χ4v) is 4.59. The fraction of sp³-hybridized carbons (Fsp3) is 0.409. The molecule has 0 radical (unpaired) electrons. The Labute approximate surface area is 158 Å². The summed E-state index contributed by atoms with van der Waals surface area (Å²) in [5.74, 6) is 0.252. The number of amides is 1. The zero-order valence-electron chi connectivity index (χ0n) is 15.1. The quantitative estimate of drug-likeness (QED) is 0.874. The number of benzene rings is 2. The highest BCUT2D eigenvalue weighted by Gasteiger charge is 2.50. The molecular weight excluding hydrogens is 342 g/mol. The van der Waals surface area contributed by atoms with E-state index in [2.05, 4.69) is 29.6 Å². The van der Waals surface area contributed by atoms with Crippen molar-refractivity contribution in [1.29, 1.82) is 0 Å². The number of nitrogens with one attached hydrogen (secondary N) is 1. The molecule has 4 aliphatic rings. The summed E-state index contributed by atoms with van der Waals surface area (Å²) in [6.07, 6.45) is 1.56. The predicted octanol–water partition coefficient (Wildman–Crippen LogP) is 3.07. The maximum Gasteiger partial charge on any atom is 0.407 e. The van der Waals surface area contributed by atoms with Gasteiger partial charge in [-0.1, -0.05) is 48.5 Å². The average Bonchev–Trinajstić information content (AvgIpc) is 2.98. The monoisotopic (exact) mass is 365 g/mol. The number of fused-ring (bicyclic) bond motifs is 5. The highest BCUT2D eigenvalue weighted by molar-refractivity contribution is 5.79. The molecule has 1 atom stereocenters. The number of ether oxygens (including phenoxy) is 2. The second-order valence-electron chi connectivity index (χ2n) is 7.88. The van der Waals surface area contributed by atoms with Gasteiger partial charge in [0.15, 0.2) is 0 Å². The van der Waals surface area contributed by atoms with Crippen LogP contribution in [0.15, 0.2) is 48.5 Å². The first-order chi connectivity index (χ1) is 13.1. The largest absolute Gasteiger partial charge is 0.449 e. The minimum atomic E-state index is -0.972. The Kier molecular flexibility index (Phi) is 3.95. The molecule has 140 valence electrons. The number of hydrogen-bond donors (Lipinski definition) is 2. The van der Waals surface area contributed by atoms with Crippen LogP contribution >= 0.6 is 0 Å². The molecule has 6 rings (SSSR count). The summed E-state index contributed by atoms with van der Waals surface area (Å²) in [5, 5.41) is 13.4. The molecule has 2 heterocycles. The highest BCUT2D eigenvalue weighted by Crippen LogP contribution is 2.45. The van der Waals surface area contributed by atoms with Crippen LogP contribution in [0.4, 0.5) is 4.79 Å². The summed E-state index contributed by atoms with van der Waals surface area (Å²) in [5.41, 5.74) is 3.81. The molecule has 2 N–H and O–H groups in total. The van der Waals surface area contributed by atoms with Gasteiger partial charge >= 0.3 is 6.09 Å². The lowest BCUT2D eigenvalue weighted by Crippen LogP contribution is -2.62. The van der Waals surface area contributed by atoms with Crippen LogP contribution < -0.4 is 5.32 Å². The smallest absolute Gasteiger partial charge is 0.407 e. The van der Waals surface area contributed by atoms with Gasteiger partial charge in [-0.05, 0) is 41.0 Å². The van der Waals surface area contributed by atoms with Crippen molar-refractivity contribution in [3.63, 3.8) is 0 Å². The predicted molar refractivity (Wildman–Crippen MR) is 100 cm³/mol. The summed E-state index contributed by atoms with van der Waals surface area (Å²) in [7, 11) is 0. The van der Waals surface area contributed by atoms with Crippen molar-refractivity contribution in [2.45, 2.75) is 30.5 Å². The Morgan fingerprint density at radius 2 is 1.74 bits per heavy atom. The Morgan fingerprint density at radius 1 is 1.11 bits per heavy atom. The SMILES string of the molecule is O=C(NCC1(O)COC2CC1C2)OCC1c2ccccc2-c2ccccc21. The normalized spacial score (nSPS) is 28.0. The molecule has 5 nitrogen and oxygen atoms in total. The number of aliphatic hydroxyl groups is 1. The van der Waals surface area contributed by atoms with E-state index in [1.165, 1.54) is 22.3 Å². The number of rotatable bonds is 4. The van der Waals surface area contributed by atoms with E-state index in [9.17, 15) is 9.90 Å². The Hall–Kier alpha value is -2.37. The maximum absolute atomic E-state index is 12.2. The number of hydrogen-bond acceptors (Lipinski definition) is 4. The molecule has 3 fully saturated rings. The number of carbonyl (C=O) groups is 1. The van der Waals surface area contributed by atoms with Gasteiger partial charge in [0.25, 0.3) is 0 Å². The van der Waals surface area contributed by atoms with E-state index < -0.39 is 11.7 Å². The molecule has 5 heteroatoms. The lowest BCUT2D eigenvalue weighted by Gasteiger charge is -2.51. The molecule has 1 saturated carbocycles. The minimum Gasteiger partial charge on any atom is -0.449 e. The summed E-state index contributed by atoms with van der Waals surface area (Å²) in [6, 6.07) is 16.5. The van der Waals surface area contributed by atoms with Gasteiger partial charge in [0, 0.05) is 5.92 Å². The highest BCUT2D eigenvalue weighted by atomic mass is 16.5. The summed E-state index contributed by atoms with van der Waals surface area (Å²) in [6.45, 7) is 0.730. The van der Waals surface area contributed by atoms with Crippen molar-refractivity contribution < 1.29 is 19.4 Å². The topological polar surface area (TPSA) is 67.8 Å². The molecule has 2 aliphatic heterocycles. The second kappa shape index (κ2) is 6.36. The first-order valence-corrected chi connectivity index (χ1v) is 9.57. The second-order valence-corrected chi connectivity index (χ2v) is 7.88. The van der Waals surface area contributed by atoms with Crippen LogP contribution in [0.3, 0.4) is 0 Å². The molecule has 27 heavy (non-hydrogen) atoms. The van der Waals surface area contributed by atoms with E-state index in [1.807, 2.05) is 24.3 Å². The molecule has 0 spiro atoms. The van der Waals surface area contributed by atoms with Crippen molar-refractivity contribution in [2.24, 2.45) is 5.92 Å². The van der Waals surface area contributed by atoms with E-state index >= 15 is 0 Å². The molecule has 2 saturated heterocycles. The maximum atomic E-state index is 12.2. The fourth-order valence-electron chi connectivity index (χ4n) is 4.59. The van der Waals surface area contributed by atoms with Crippen LogP contribution in [-0.4, -0.2) is 42.7 Å². The van der Waals surface area contributed by atoms with Crippen molar-refractivity contribution in [3.8, 4) is 11.1 Å². The molecule has 0 aromatic heterocycles.